The smallest absolute Gasteiger partial charge is 0.253 e. The summed E-state index contributed by atoms with van der Waals surface area (Å²) in [6, 6.07) is 12.9. The van der Waals surface area contributed by atoms with Crippen molar-refractivity contribution in [2.24, 2.45) is 5.92 Å². The summed E-state index contributed by atoms with van der Waals surface area (Å²) in [4.78, 5) is 32.3. The molecule has 1 unspecified atom stereocenters. The molecule has 1 aliphatic rings. The summed E-state index contributed by atoms with van der Waals surface area (Å²) in [7, 11) is 0. The third kappa shape index (κ3) is 6.51. The molecule has 0 bridgehead atoms. The topological polar surface area (TPSA) is 100 Å². The minimum atomic E-state index is -0.386. The SMILES string of the molecule is CC(C)(C)NC(=O)c1ccccc1NC(=O)C1CCCN(Cc2nc(-c3ccc(F)cc3)no2)C1. The molecule has 184 valence electrons. The zero-order valence-electron chi connectivity index (χ0n) is 20.2. The Kier molecular flexibility index (Phi) is 7.25. The third-order valence-electron chi connectivity index (χ3n) is 5.72. The van der Waals surface area contributed by atoms with E-state index in [2.05, 4.69) is 25.7 Å². The van der Waals surface area contributed by atoms with Crippen LogP contribution >= 0.6 is 0 Å². The molecule has 0 spiro atoms. The van der Waals surface area contributed by atoms with E-state index in [1.807, 2.05) is 20.8 Å². The van der Waals surface area contributed by atoms with E-state index in [0.29, 0.717) is 41.6 Å². The van der Waals surface area contributed by atoms with Crippen LogP contribution in [0.15, 0.2) is 53.1 Å². The van der Waals surface area contributed by atoms with Crippen LogP contribution in [0.4, 0.5) is 10.1 Å². The fraction of sp³-hybridized carbons (Fsp3) is 0.385. The van der Waals surface area contributed by atoms with Crippen LogP contribution in [0.5, 0.6) is 0 Å². The molecule has 1 atom stereocenters. The van der Waals surface area contributed by atoms with Crippen LogP contribution in [-0.4, -0.2) is 45.5 Å². The van der Waals surface area contributed by atoms with Gasteiger partial charge in [-0.1, -0.05) is 17.3 Å². The van der Waals surface area contributed by atoms with Gasteiger partial charge in [0.1, 0.15) is 5.82 Å². The van der Waals surface area contributed by atoms with Gasteiger partial charge < -0.3 is 15.2 Å². The molecule has 1 aliphatic heterocycles. The van der Waals surface area contributed by atoms with Crippen LogP contribution in [0.25, 0.3) is 11.4 Å². The highest BCUT2D eigenvalue weighted by atomic mass is 19.1. The van der Waals surface area contributed by atoms with Crippen molar-refractivity contribution >= 4 is 17.5 Å². The number of piperidine rings is 1. The minimum Gasteiger partial charge on any atom is -0.347 e. The van der Waals surface area contributed by atoms with Crippen LogP contribution in [0, 0.1) is 11.7 Å². The van der Waals surface area contributed by atoms with Crippen LogP contribution in [0.3, 0.4) is 0 Å². The Bertz CT molecular complexity index is 1190. The van der Waals surface area contributed by atoms with Crippen molar-refractivity contribution in [3.8, 4) is 11.4 Å². The fourth-order valence-electron chi connectivity index (χ4n) is 4.07. The van der Waals surface area contributed by atoms with Crippen molar-refractivity contribution in [2.75, 3.05) is 18.4 Å². The number of likely N-dealkylation sites (tertiary alicyclic amines) is 1. The lowest BCUT2D eigenvalue weighted by molar-refractivity contribution is -0.121. The number of hydrogen-bond acceptors (Lipinski definition) is 6. The van der Waals surface area contributed by atoms with Gasteiger partial charge in [0.05, 0.1) is 23.7 Å². The summed E-state index contributed by atoms with van der Waals surface area (Å²) in [5.74, 6) is -0.0733. The third-order valence-corrected chi connectivity index (χ3v) is 5.72. The van der Waals surface area contributed by atoms with Crippen molar-refractivity contribution in [1.82, 2.24) is 20.4 Å². The lowest BCUT2D eigenvalue weighted by Gasteiger charge is -2.31. The summed E-state index contributed by atoms with van der Waals surface area (Å²) in [6.07, 6.45) is 1.60. The number of amides is 2. The average molecular weight is 480 g/mol. The van der Waals surface area contributed by atoms with E-state index < -0.39 is 0 Å². The second-order valence-corrected chi connectivity index (χ2v) is 9.83. The molecule has 1 fully saturated rings. The highest BCUT2D eigenvalue weighted by Crippen LogP contribution is 2.23. The van der Waals surface area contributed by atoms with Crippen molar-refractivity contribution in [3.05, 3.63) is 65.8 Å². The number of nitrogens with one attached hydrogen (secondary N) is 2. The van der Waals surface area contributed by atoms with E-state index >= 15 is 0 Å². The maximum absolute atomic E-state index is 13.2. The first-order chi connectivity index (χ1) is 16.7. The van der Waals surface area contributed by atoms with E-state index in [9.17, 15) is 14.0 Å². The van der Waals surface area contributed by atoms with Crippen LogP contribution in [0.1, 0.15) is 49.9 Å². The largest absolute Gasteiger partial charge is 0.347 e. The normalized spacial score (nSPS) is 16.6. The zero-order valence-corrected chi connectivity index (χ0v) is 20.2. The molecular formula is C26H30FN5O3. The number of aromatic nitrogens is 2. The summed E-state index contributed by atoms with van der Waals surface area (Å²) < 4.78 is 18.5. The van der Waals surface area contributed by atoms with E-state index in [4.69, 9.17) is 4.52 Å². The van der Waals surface area contributed by atoms with E-state index in [1.165, 1.54) is 12.1 Å². The van der Waals surface area contributed by atoms with Gasteiger partial charge in [0, 0.05) is 17.6 Å². The Hall–Kier alpha value is -3.59. The second-order valence-electron chi connectivity index (χ2n) is 9.83. The van der Waals surface area contributed by atoms with Gasteiger partial charge in [-0.3, -0.25) is 14.5 Å². The number of carbonyl (C=O) groups is 2. The number of hydrogen-bond donors (Lipinski definition) is 2. The number of rotatable bonds is 6. The van der Waals surface area contributed by atoms with Gasteiger partial charge in [0.15, 0.2) is 0 Å². The van der Waals surface area contributed by atoms with Crippen LogP contribution < -0.4 is 10.6 Å². The summed E-state index contributed by atoms with van der Waals surface area (Å²) in [6.45, 7) is 7.50. The van der Waals surface area contributed by atoms with Crippen molar-refractivity contribution in [3.63, 3.8) is 0 Å². The maximum atomic E-state index is 13.2. The van der Waals surface area contributed by atoms with Crippen LogP contribution in [-0.2, 0) is 11.3 Å². The van der Waals surface area contributed by atoms with Gasteiger partial charge in [-0.25, -0.2) is 4.39 Å². The predicted molar refractivity (Wildman–Crippen MR) is 130 cm³/mol. The van der Waals surface area contributed by atoms with Gasteiger partial charge in [-0.15, -0.1) is 0 Å². The van der Waals surface area contributed by atoms with E-state index in [1.54, 1.807) is 36.4 Å². The number of carbonyl (C=O) groups excluding carboxylic acids is 2. The molecule has 35 heavy (non-hydrogen) atoms. The second kappa shape index (κ2) is 10.4. The van der Waals surface area contributed by atoms with Gasteiger partial charge in [-0.05, 0) is 76.6 Å². The number of halogens is 1. The summed E-state index contributed by atoms with van der Waals surface area (Å²) in [5, 5.41) is 9.88. The molecule has 8 nitrogen and oxygen atoms in total. The summed E-state index contributed by atoms with van der Waals surface area (Å²) >= 11 is 0. The first kappa shape index (κ1) is 24.5. The van der Waals surface area contributed by atoms with E-state index in [-0.39, 0.29) is 29.1 Å². The monoisotopic (exact) mass is 479 g/mol. The first-order valence-electron chi connectivity index (χ1n) is 11.7. The van der Waals surface area contributed by atoms with Crippen molar-refractivity contribution < 1.29 is 18.5 Å². The predicted octanol–water partition coefficient (Wildman–Crippen LogP) is 4.25. The molecule has 2 N–H and O–H groups in total. The molecule has 0 saturated carbocycles. The fourth-order valence-corrected chi connectivity index (χ4v) is 4.07. The number of anilines is 1. The lowest BCUT2D eigenvalue weighted by atomic mass is 9.96. The van der Waals surface area contributed by atoms with Gasteiger partial charge in [-0.2, -0.15) is 4.98 Å². The molecule has 2 aromatic carbocycles. The first-order valence-corrected chi connectivity index (χ1v) is 11.7. The number of nitrogens with zero attached hydrogens (tertiary/aromatic N) is 3. The molecule has 2 heterocycles. The minimum absolute atomic E-state index is 0.122. The average Bonchev–Trinajstić information content (AvgIpc) is 3.27. The number of para-hydroxylation sites is 1. The molecule has 3 aromatic rings. The lowest BCUT2D eigenvalue weighted by Crippen LogP contribution is -2.42. The Morgan fingerprint density at radius 1 is 1.14 bits per heavy atom. The highest BCUT2D eigenvalue weighted by molar-refractivity contribution is 6.04. The molecule has 4 rings (SSSR count). The van der Waals surface area contributed by atoms with Crippen molar-refractivity contribution in [1.29, 1.82) is 0 Å². The highest BCUT2D eigenvalue weighted by Gasteiger charge is 2.28. The molecule has 2 amide bonds. The molecule has 1 saturated heterocycles. The van der Waals surface area contributed by atoms with Gasteiger partial charge in [0.2, 0.25) is 17.6 Å². The van der Waals surface area contributed by atoms with Gasteiger partial charge >= 0.3 is 0 Å². The van der Waals surface area contributed by atoms with Crippen molar-refractivity contribution in [2.45, 2.75) is 45.7 Å². The molecular weight excluding hydrogens is 449 g/mol. The Morgan fingerprint density at radius 3 is 2.63 bits per heavy atom. The quantitative estimate of drug-likeness (QED) is 0.548. The molecule has 0 radical (unpaired) electrons. The van der Waals surface area contributed by atoms with Crippen LogP contribution in [0.2, 0.25) is 0 Å². The summed E-state index contributed by atoms with van der Waals surface area (Å²) in [5.41, 5.74) is 1.22. The Labute approximate surface area is 203 Å². The molecule has 1 aromatic heterocycles. The Morgan fingerprint density at radius 2 is 1.89 bits per heavy atom. The van der Waals surface area contributed by atoms with E-state index in [0.717, 1.165) is 19.4 Å². The Balaban J connectivity index is 1.38. The van der Waals surface area contributed by atoms with Gasteiger partial charge in [0.25, 0.3) is 5.91 Å². The standard InChI is InChI=1S/C26H30FN5O3/c1-26(2,3)30-25(34)20-8-4-5-9-21(20)28-24(33)18-7-6-14-32(15-18)16-22-29-23(31-35-22)17-10-12-19(27)13-11-17/h4-5,8-13,18H,6-7,14-16H2,1-3H3,(H,28,33)(H,30,34). The molecule has 9 heteroatoms. The maximum Gasteiger partial charge on any atom is 0.253 e. The zero-order chi connectivity index (χ0) is 25.0. The molecule has 0 aliphatic carbocycles. The number of benzene rings is 2.